The first-order chi connectivity index (χ1) is 12.4. The molecule has 0 fully saturated rings. The molecule has 0 radical (unpaired) electrons. The molecule has 0 spiro atoms. The lowest BCUT2D eigenvalue weighted by Crippen LogP contribution is -2.22. The van der Waals surface area contributed by atoms with E-state index in [0.717, 1.165) is 35.1 Å². The normalized spacial score (nSPS) is 12.2. The summed E-state index contributed by atoms with van der Waals surface area (Å²) in [6.45, 7) is 3.23. The van der Waals surface area contributed by atoms with Gasteiger partial charge < -0.3 is 9.32 Å². The molecule has 0 saturated heterocycles. The molecule has 0 bridgehead atoms. The molecule has 0 amide bonds. The Hall–Kier alpha value is -1.77. The van der Waals surface area contributed by atoms with Gasteiger partial charge in [-0.2, -0.15) is 11.8 Å². The molecular formula is C18H25N3O3S2. The van der Waals surface area contributed by atoms with Crippen molar-refractivity contribution in [1.82, 2.24) is 9.62 Å². The van der Waals surface area contributed by atoms with Crippen molar-refractivity contribution in [1.29, 1.82) is 0 Å². The van der Waals surface area contributed by atoms with Gasteiger partial charge in [-0.05, 0) is 45.3 Å². The Morgan fingerprint density at radius 2 is 1.85 bits per heavy atom. The van der Waals surface area contributed by atoms with Crippen molar-refractivity contribution in [3.8, 4) is 0 Å². The molecule has 0 aliphatic carbocycles. The summed E-state index contributed by atoms with van der Waals surface area (Å²) in [4.78, 5) is 6.39. The van der Waals surface area contributed by atoms with Crippen molar-refractivity contribution in [2.24, 2.45) is 4.99 Å². The number of benzene rings is 1. The first-order valence-electron chi connectivity index (χ1n) is 8.24. The van der Waals surface area contributed by atoms with Gasteiger partial charge in [0.15, 0.2) is 0 Å². The van der Waals surface area contributed by atoms with Gasteiger partial charge in [-0.1, -0.05) is 17.7 Å². The van der Waals surface area contributed by atoms with Crippen molar-refractivity contribution in [2.75, 3.05) is 26.4 Å². The average Bonchev–Trinajstić information content (AvgIpc) is 3.01. The van der Waals surface area contributed by atoms with Crippen LogP contribution in [-0.4, -0.2) is 46.0 Å². The predicted octanol–water partition coefficient (Wildman–Crippen LogP) is 2.89. The predicted molar refractivity (Wildman–Crippen MR) is 107 cm³/mol. The average molecular weight is 396 g/mol. The van der Waals surface area contributed by atoms with Crippen LogP contribution in [0, 0.1) is 6.92 Å². The molecule has 2 aromatic rings. The topological polar surface area (TPSA) is 74.9 Å². The Bertz CT molecular complexity index is 812. The van der Waals surface area contributed by atoms with E-state index in [1.165, 1.54) is 6.34 Å². The van der Waals surface area contributed by atoms with E-state index in [2.05, 4.69) is 14.6 Å². The van der Waals surface area contributed by atoms with Crippen LogP contribution in [0.3, 0.4) is 0 Å². The number of nitrogens with zero attached hydrogens (tertiary/aromatic N) is 2. The van der Waals surface area contributed by atoms with Gasteiger partial charge in [0.25, 0.3) is 10.0 Å². The van der Waals surface area contributed by atoms with E-state index in [9.17, 15) is 8.42 Å². The van der Waals surface area contributed by atoms with Crippen molar-refractivity contribution in [3.63, 3.8) is 0 Å². The third-order valence-electron chi connectivity index (χ3n) is 3.43. The first-order valence-corrected chi connectivity index (χ1v) is 10.9. The van der Waals surface area contributed by atoms with Crippen LogP contribution in [0.4, 0.5) is 0 Å². The number of furan rings is 1. The molecule has 2 rings (SSSR count). The fraction of sp³-hybridized carbons (Fsp3) is 0.389. The van der Waals surface area contributed by atoms with E-state index < -0.39 is 10.0 Å². The van der Waals surface area contributed by atoms with Crippen molar-refractivity contribution < 1.29 is 12.8 Å². The van der Waals surface area contributed by atoms with Gasteiger partial charge in [0.2, 0.25) is 0 Å². The minimum atomic E-state index is -3.55. The lowest BCUT2D eigenvalue weighted by molar-refractivity contribution is 0.344. The summed E-state index contributed by atoms with van der Waals surface area (Å²) >= 11 is 1.70. The molecule has 6 nitrogen and oxygen atoms in total. The van der Waals surface area contributed by atoms with E-state index in [1.807, 2.05) is 33.2 Å². The minimum absolute atomic E-state index is 0.232. The summed E-state index contributed by atoms with van der Waals surface area (Å²) in [5.74, 6) is 3.45. The number of sulfonamides is 1. The molecule has 0 unspecified atom stereocenters. The summed E-state index contributed by atoms with van der Waals surface area (Å²) in [6, 6.07) is 10.7. The molecule has 0 aliphatic heterocycles. The second-order valence-electron chi connectivity index (χ2n) is 6.13. The lowest BCUT2D eigenvalue weighted by atomic mass is 10.2. The molecule has 26 heavy (non-hydrogen) atoms. The third kappa shape index (κ3) is 6.86. The number of aliphatic imine (C=N–C) groups is 1. The van der Waals surface area contributed by atoms with Crippen molar-refractivity contribution in [3.05, 3.63) is 53.5 Å². The largest absolute Gasteiger partial charge is 0.464 e. The summed E-state index contributed by atoms with van der Waals surface area (Å²) in [5, 5.41) is 0. The summed E-state index contributed by atoms with van der Waals surface area (Å²) in [5.41, 5.74) is 1.01. The zero-order chi connectivity index (χ0) is 19.0. The third-order valence-corrected chi connectivity index (χ3v) is 5.70. The highest BCUT2D eigenvalue weighted by molar-refractivity contribution is 7.98. The van der Waals surface area contributed by atoms with E-state index in [1.54, 1.807) is 36.0 Å². The summed E-state index contributed by atoms with van der Waals surface area (Å²) in [7, 11) is 0.459. The van der Waals surface area contributed by atoms with Gasteiger partial charge in [-0.3, -0.25) is 9.71 Å². The molecule has 0 atom stereocenters. The Labute approximate surface area is 159 Å². The van der Waals surface area contributed by atoms with Crippen LogP contribution in [0.5, 0.6) is 0 Å². The Morgan fingerprint density at radius 3 is 2.54 bits per heavy atom. The van der Waals surface area contributed by atoms with Crippen molar-refractivity contribution >= 4 is 28.1 Å². The number of aryl methyl sites for hydroxylation is 1. The van der Waals surface area contributed by atoms with Crippen LogP contribution in [0.15, 0.2) is 50.7 Å². The van der Waals surface area contributed by atoms with Gasteiger partial charge in [-0.25, -0.2) is 8.42 Å². The zero-order valence-corrected chi connectivity index (χ0v) is 16.9. The Balaban J connectivity index is 1.68. The molecular weight excluding hydrogens is 370 g/mol. The second-order valence-corrected chi connectivity index (χ2v) is 8.95. The quantitative estimate of drug-likeness (QED) is 0.380. The van der Waals surface area contributed by atoms with E-state index in [0.29, 0.717) is 6.54 Å². The number of nitrogens with one attached hydrogen (secondary N) is 1. The maximum atomic E-state index is 12.1. The first kappa shape index (κ1) is 20.5. The molecule has 1 N–H and O–H groups in total. The molecule has 8 heteroatoms. The van der Waals surface area contributed by atoms with Gasteiger partial charge in [0.05, 0.1) is 23.5 Å². The van der Waals surface area contributed by atoms with Crippen molar-refractivity contribution in [2.45, 2.75) is 24.1 Å². The molecule has 1 aromatic carbocycles. The van der Waals surface area contributed by atoms with Crippen LogP contribution < -0.4 is 4.72 Å². The minimum Gasteiger partial charge on any atom is -0.464 e. The van der Waals surface area contributed by atoms with Gasteiger partial charge in [-0.15, -0.1) is 0 Å². The van der Waals surface area contributed by atoms with E-state index in [4.69, 9.17) is 4.42 Å². The molecule has 0 aliphatic rings. The fourth-order valence-corrected chi connectivity index (χ4v) is 3.72. The maximum absolute atomic E-state index is 12.1. The van der Waals surface area contributed by atoms with E-state index >= 15 is 0 Å². The molecule has 0 saturated carbocycles. The summed E-state index contributed by atoms with van der Waals surface area (Å²) < 4.78 is 32.2. The van der Waals surface area contributed by atoms with Crippen LogP contribution in [0.2, 0.25) is 0 Å². The number of rotatable bonds is 10. The lowest BCUT2D eigenvalue weighted by Gasteiger charge is -2.05. The maximum Gasteiger partial charge on any atom is 0.262 e. The SMILES string of the molecule is Cc1ccc(S(=O)(=O)NC=NCCSCc2ccc(CN(C)C)o2)cc1. The van der Waals surface area contributed by atoms with Gasteiger partial charge >= 0.3 is 0 Å². The highest BCUT2D eigenvalue weighted by Crippen LogP contribution is 2.16. The number of hydrogen-bond donors (Lipinski definition) is 1. The number of hydrogen-bond acceptors (Lipinski definition) is 6. The Morgan fingerprint density at radius 1 is 1.15 bits per heavy atom. The van der Waals surface area contributed by atoms with Gasteiger partial charge in [0, 0.05) is 12.3 Å². The molecule has 142 valence electrons. The van der Waals surface area contributed by atoms with Crippen LogP contribution in [0.1, 0.15) is 17.1 Å². The fourth-order valence-electron chi connectivity index (χ4n) is 2.14. The highest BCUT2D eigenvalue weighted by atomic mass is 32.2. The monoisotopic (exact) mass is 395 g/mol. The van der Waals surface area contributed by atoms with Crippen LogP contribution in [0.25, 0.3) is 0 Å². The standard InChI is InChI=1S/C18H25N3O3S2/c1-15-4-8-18(9-5-15)26(22,23)20-14-19-10-11-25-13-17-7-6-16(24-17)12-21(2)3/h4-9,14H,10-13H2,1-3H3,(H,19,20). The molecule has 1 aromatic heterocycles. The smallest absolute Gasteiger partial charge is 0.262 e. The van der Waals surface area contributed by atoms with Gasteiger partial charge in [0.1, 0.15) is 11.5 Å². The zero-order valence-electron chi connectivity index (χ0n) is 15.3. The second kappa shape index (κ2) is 9.80. The molecule has 1 heterocycles. The van der Waals surface area contributed by atoms with E-state index in [-0.39, 0.29) is 4.90 Å². The summed E-state index contributed by atoms with van der Waals surface area (Å²) in [6.07, 6.45) is 1.25. The number of thioether (sulfide) groups is 1. The highest BCUT2D eigenvalue weighted by Gasteiger charge is 2.11. The van der Waals surface area contributed by atoms with Crippen LogP contribution in [-0.2, 0) is 22.3 Å². The van der Waals surface area contributed by atoms with Crippen LogP contribution >= 0.6 is 11.8 Å². The Kier molecular flexibility index (Phi) is 7.74.